The molecule has 1 aliphatic rings. The smallest absolute Gasteiger partial charge is 0.351 e. The number of unbranched alkanes of at least 4 members (excludes halogenated alkanes) is 2. The summed E-state index contributed by atoms with van der Waals surface area (Å²) in [6.45, 7) is 1.68. The van der Waals surface area contributed by atoms with Crippen molar-refractivity contribution in [2.45, 2.75) is 50.7 Å². The number of aliphatic hydroxyl groups is 3. The van der Waals surface area contributed by atoms with Gasteiger partial charge in [0.15, 0.2) is 6.23 Å². The van der Waals surface area contributed by atoms with Crippen LogP contribution >= 0.6 is 0 Å². The van der Waals surface area contributed by atoms with Crippen molar-refractivity contribution in [3.8, 4) is 0 Å². The van der Waals surface area contributed by atoms with Crippen molar-refractivity contribution < 1.29 is 29.6 Å². The van der Waals surface area contributed by atoms with E-state index >= 15 is 0 Å². The number of rotatable bonds is 7. The highest BCUT2D eigenvalue weighted by molar-refractivity contribution is 5.93. The molecule has 0 aromatic carbocycles. The topological polar surface area (TPSA) is 157 Å². The molecule has 4 atom stereocenters. The van der Waals surface area contributed by atoms with Crippen molar-refractivity contribution >= 4 is 11.8 Å². The van der Waals surface area contributed by atoms with Gasteiger partial charge < -0.3 is 30.5 Å². The summed E-state index contributed by atoms with van der Waals surface area (Å²) in [5.41, 5.74) is 4.61. The Hall–Kier alpha value is -2.01. The molecule has 0 aliphatic carbocycles. The van der Waals surface area contributed by atoms with Gasteiger partial charge in [-0.1, -0.05) is 19.8 Å². The highest BCUT2D eigenvalue weighted by Gasteiger charge is 2.44. The lowest BCUT2D eigenvalue weighted by molar-refractivity contribution is -0.0550. The van der Waals surface area contributed by atoms with Crippen molar-refractivity contribution in [1.82, 2.24) is 9.55 Å². The highest BCUT2D eigenvalue weighted by Crippen LogP contribution is 2.28. The number of carbonyl (C=O) groups is 1. The first kappa shape index (κ1) is 19.3. The van der Waals surface area contributed by atoms with E-state index in [0.29, 0.717) is 6.42 Å². The van der Waals surface area contributed by atoms with Gasteiger partial charge in [-0.05, 0) is 6.42 Å². The number of hydrogen-bond donors (Lipinski definition) is 4. The summed E-state index contributed by atoms with van der Waals surface area (Å²) < 4.78 is 11.2. The summed E-state index contributed by atoms with van der Waals surface area (Å²) >= 11 is 0. The molecule has 0 amide bonds. The minimum absolute atomic E-state index is 0.145. The summed E-state index contributed by atoms with van der Waals surface area (Å²) in [6, 6.07) is 0. The van der Waals surface area contributed by atoms with Gasteiger partial charge >= 0.3 is 11.7 Å². The van der Waals surface area contributed by atoms with E-state index in [4.69, 9.17) is 20.3 Å². The maximum atomic E-state index is 12.1. The predicted molar refractivity (Wildman–Crippen MR) is 85.7 cm³/mol. The van der Waals surface area contributed by atoms with E-state index in [1.165, 1.54) is 0 Å². The van der Waals surface area contributed by atoms with Crippen LogP contribution < -0.4 is 11.4 Å². The van der Waals surface area contributed by atoms with E-state index in [1.54, 1.807) is 0 Å². The van der Waals surface area contributed by atoms with Crippen LogP contribution in [0.1, 0.15) is 42.8 Å². The number of hydrogen-bond acceptors (Lipinski definition) is 9. The van der Waals surface area contributed by atoms with E-state index in [1.807, 2.05) is 6.92 Å². The maximum Gasteiger partial charge on any atom is 0.351 e. The standard InChI is InChI=1S/C15H23N3O7/c1-2-3-4-5-24-14(22)8-6-18(15(23)17-12(8)16)13-11(21)10(20)9(7-19)25-13/h6,9-11,13,19-21H,2-5,7H2,1H3,(H2,16,17,23)/t9-,10-,11+,13-/m1/s1. The SMILES string of the molecule is CCCCCOC(=O)c1cn([C@@H]2O[C@H](CO)[C@@H](O)[C@@H]2O)c(=O)nc1N. The Morgan fingerprint density at radius 3 is 2.72 bits per heavy atom. The molecule has 140 valence electrons. The van der Waals surface area contributed by atoms with Gasteiger partial charge in [-0.25, -0.2) is 9.59 Å². The molecule has 2 heterocycles. The fourth-order valence-electron chi connectivity index (χ4n) is 2.53. The normalized spacial score (nSPS) is 25.9. The lowest BCUT2D eigenvalue weighted by Crippen LogP contribution is -2.36. The van der Waals surface area contributed by atoms with Gasteiger partial charge in [-0.3, -0.25) is 4.57 Å². The summed E-state index contributed by atoms with van der Waals surface area (Å²) in [4.78, 5) is 27.7. The summed E-state index contributed by atoms with van der Waals surface area (Å²) in [5, 5.41) is 28.9. The zero-order valence-electron chi connectivity index (χ0n) is 13.9. The largest absolute Gasteiger partial charge is 0.462 e. The van der Waals surface area contributed by atoms with Crippen molar-refractivity contribution in [1.29, 1.82) is 0 Å². The minimum atomic E-state index is -1.48. The van der Waals surface area contributed by atoms with E-state index in [-0.39, 0.29) is 18.0 Å². The van der Waals surface area contributed by atoms with Crippen LogP contribution in [0.3, 0.4) is 0 Å². The van der Waals surface area contributed by atoms with Crippen LogP contribution in [0, 0.1) is 0 Å². The lowest BCUT2D eigenvalue weighted by atomic mass is 10.1. The van der Waals surface area contributed by atoms with Crippen LogP contribution in [0.2, 0.25) is 0 Å². The van der Waals surface area contributed by atoms with E-state index in [9.17, 15) is 19.8 Å². The van der Waals surface area contributed by atoms with Crippen LogP contribution in [0.4, 0.5) is 5.82 Å². The number of nitrogens with zero attached hydrogens (tertiary/aromatic N) is 2. The molecule has 0 saturated carbocycles. The fourth-order valence-corrected chi connectivity index (χ4v) is 2.53. The Kier molecular flexibility index (Phi) is 6.48. The molecule has 10 nitrogen and oxygen atoms in total. The zero-order valence-corrected chi connectivity index (χ0v) is 13.9. The third kappa shape index (κ3) is 4.15. The van der Waals surface area contributed by atoms with Crippen LogP contribution in [-0.2, 0) is 9.47 Å². The van der Waals surface area contributed by atoms with Gasteiger partial charge in [-0.15, -0.1) is 0 Å². The van der Waals surface area contributed by atoms with Gasteiger partial charge in [0, 0.05) is 6.20 Å². The third-order valence-electron chi connectivity index (χ3n) is 3.97. The van der Waals surface area contributed by atoms with Gasteiger partial charge in [0.2, 0.25) is 0 Å². The molecule has 0 radical (unpaired) electrons. The second-order valence-corrected chi connectivity index (χ2v) is 5.80. The molecule has 5 N–H and O–H groups in total. The predicted octanol–water partition coefficient (Wildman–Crippen LogP) is -1.22. The average molecular weight is 357 g/mol. The fraction of sp³-hybridized carbons (Fsp3) is 0.667. The van der Waals surface area contributed by atoms with E-state index in [0.717, 1.165) is 23.6 Å². The van der Waals surface area contributed by atoms with Gasteiger partial charge in [0.1, 0.15) is 29.7 Å². The Bertz CT molecular complexity index is 663. The Morgan fingerprint density at radius 2 is 2.12 bits per heavy atom. The number of nitrogens with two attached hydrogens (primary N) is 1. The molecule has 1 fully saturated rings. The molecule has 10 heteroatoms. The summed E-state index contributed by atoms with van der Waals surface area (Å²) in [6.07, 6.45) is -1.58. The van der Waals surface area contributed by atoms with Crippen LogP contribution in [0.5, 0.6) is 0 Å². The van der Waals surface area contributed by atoms with E-state index in [2.05, 4.69) is 4.98 Å². The number of nitrogen functional groups attached to an aromatic ring is 1. The third-order valence-corrected chi connectivity index (χ3v) is 3.97. The van der Waals surface area contributed by atoms with Gasteiger partial charge in [0.05, 0.1) is 13.2 Å². The molecule has 25 heavy (non-hydrogen) atoms. The molecule has 1 aromatic rings. The molecule has 1 aromatic heterocycles. The van der Waals surface area contributed by atoms with Crippen LogP contribution in [0.25, 0.3) is 0 Å². The number of anilines is 1. The molecule has 2 rings (SSSR count). The number of aliphatic hydroxyl groups excluding tert-OH is 3. The molecular formula is C15H23N3O7. The zero-order chi connectivity index (χ0) is 18.6. The second-order valence-electron chi connectivity index (χ2n) is 5.80. The minimum Gasteiger partial charge on any atom is -0.462 e. The monoisotopic (exact) mass is 357 g/mol. The highest BCUT2D eigenvalue weighted by atomic mass is 16.6. The molecule has 0 spiro atoms. The lowest BCUT2D eigenvalue weighted by Gasteiger charge is -2.18. The summed E-state index contributed by atoms with van der Waals surface area (Å²) in [5.74, 6) is -1.05. The first-order valence-corrected chi connectivity index (χ1v) is 8.09. The molecule has 0 bridgehead atoms. The van der Waals surface area contributed by atoms with Gasteiger partial charge in [0.25, 0.3) is 0 Å². The first-order valence-electron chi connectivity index (χ1n) is 8.09. The number of carbonyl (C=O) groups excluding carboxylic acids is 1. The van der Waals surface area contributed by atoms with Gasteiger partial charge in [-0.2, -0.15) is 4.98 Å². The first-order chi connectivity index (χ1) is 11.9. The van der Waals surface area contributed by atoms with Crippen molar-refractivity contribution in [2.75, 3.05) is 18.9 Å². The van der Waals surface area contributed by atoms with Crippen molar-refractivity contribution in [2.24, 2.45) is 0 Å². The van der Waals surface area contributed by atoms with Crippen molar-refractivity contribution in [3.63, 3.8) is 0 Å². The average Bonchev–Trinajstić information content (AvgIpc) is 2.87. The molecule has 0 unspecified atom stereocenters. The number of ether oxygens (including phenoxy) is 2. The number of aromatic nitrogens is 2. The molecular weight excluding hydrogens is 334 g/mol. The van der Waals surface area contributed by atoms with Crippen LogP contribution in [0.15, 0.2) is 11.0 Å². The maximum absolute atomic E-state index is 12.1. The Labute approximate surface area is 143 Å². The molecule has 1 saturated heterocycles. The Morgan fingerprint density at radius 1 is 1.40 bits per heavy atom. The summed E-state index contributed by atoms with van der Waals surface area (Å²) in [7, 11) is 0. The van der Waals surface area contributed by atoms with E-state index < -0.39 is 42.8 Å². The van der Waals surface area contributed by atoms with Crippen molar-refractivity contribution in [3.05, 3.63) is 22.2 Å². The second kappa shape index (κ2) is 8.39. The number of esters is 1. The van der Waals surface area contributed by atoms with Crippen LogP contribution in [-0.4, -0.2) is 62.4 Å². The quantitative estimate of drug-likeness (QED) is 0.347. The molecule has 1 aliphatic heterocycles. The Balaban J connectivity index is 2.23.